The summed E-state index contributed by atoms with van der Waals surface area (Å²) in [5, 5.41) is 6.22. The lowest BCUT2D eigenvalue weighted by Gasteiger charge is -2.26. The molecule has 1 aromatic rings. The number of carbonyl (C=O) groups excluding carboxylic acids is 2. The summed E-state index contributed by atoms with van der Waals surface area (Å²) in [6.45, 7) is 4.42. The number of rotatable bonds is 4. The Labute approximate surface area is 125 Å². The molecule has 0 spiro atoms. The zero-order valence-corrected chi connectivity index (χ0v) is 12.7. The van der Waals surface area contributed by atoms with Gasteiger partial charge in [0.05, 0.1) is 5.54 Å². The van der Waals surface area contributed by atoms with Crippen molar-refractivity contribution < 1.29 is 9.59 Å². The summed E-state index contributed by atoms with van der Waals surface area (Å²) >= 11 is 0. The SMILES string of the molecule is CCC1(C(=O)Nc2cccc(C(C)=O)c2)CCCN1.Cl. The molecule has 20 heavy (non-hydrogen) atoms. The van der Waals surface area contributed by atoms with Crippen LogP contribution in [0.15, 0.2) is 24.3 Å². The molecule has 1 unspecified atom stereocenters. The van der Waals surface area contributed by atoms with E-state index in [4.69, 9.17) is 0 Å². The molecule has 1 heterocycles. The van der Waals surface area contributed by atoms with E-state index in [1.54, 1.807) is 18.2 Å². The van der Waals surface area contributed by atoms with Gasteiger partial charge >= 0.3 is 0 Å². The second kappa shape index (κ2) is 6.86. The van der Waals surface area contributed by atoms with Crippen LogP contribution in [0.3, 0.4) is 0 Å². The number of nitrogens with one attached hydrogen (secondary N) is 2. The molecule has 5 heteroatoms. The van der Waals surface area contributed by atoms with Crippen LogP contribution in [-0.4, -0.2) is 23.8 Å². The van der Waals surface area contributed by atoms with E-state index >= 15 is 0 Å². The lowest BCUT2D eigenvalue weighted by molar-refractivity contribution is -0.122. The Morgan fingerprint density at radius 1 is 1.40 bits per heavy atom. The molecule has 1 aromatic carbocycles. The average Bonchev–Trinajstić information content (AvgIpc) is 2.89. The third kappa shape index (κ3) is 3.38. The topological polar surface area (TPSA) is 58.2 Å². The van der Waals surface area contributed by atoms with Crippen molar-refractivity contribution >= 4 is 29.8 Å². The Morgan fingerprint density at radius 3 is 2.70 bits per heavy atom. The second-order valence-electron chi connectivity index (χ2n) is 5.06. The molecule has 1 amide bonds. The molecule has 1 saturated heterocycles. The first kappa shape index (κ1) is 16.7. The molecule has 0 saturated carbocycles. The molecule has 1 fully saturated rings. The first-order chi connectivity index (χ1) is 9.07. The summed E-state index contributed by atoms with van der Waals surface area (Å²) < 4.78 is 0. The third-order valence-corrected chi connectivity index (χ3v) is 3.81. The van der Waals surface area contributed by atoms with Crippen LogP contribution in [0.2, 0.25) is 0 Å². The molecule has 1 aliphatic rings. The quantitative estimate of drug-likeness (QED) is 0.840. The molecular formula is C15H21ClN2O2. The zero-order chi connectivity index (χ0) is 13.9. The van der Waals surface area contributed by atoms with Gasteiger partial charge in [0.15, 0.2) is 5.78 Å². The van der Waals surface area contributed by atoms with Crippen LogP contribution in [0.1, 0.15) is 43.5 Å². The average molecular weight is 297 g/mol. The van der Waals surface area contributed by atoms with Gasteiger partial charge in [0.2, 0.25) is 5.91 Å². The highest BCUT2D eigenvalue weighted by atomic mass is 35.5. The van der Waals surface area contributed by atoms with Gasteiger partial charge in [-0.05, 0) is 44.9 Å². The molecule has 2 rings (SSSR count). The van der Waals surface area contributed by atoms with Gasteiger partial charge in [-0.25, -0.2) is 0 Å². The van der Waals surface area contributed by atoms with Crippen LogP contribution in [0, 0.1) is 0 Å². The summed E-state index contributed by atoms with van der Waals surface area (Å²) in [5.41, 5.74) is 0.841. The number of hydrogen-bond acceptors (Lipinski definition) is 3. The van der Waals surface area contributed by atoms with Gasteiger partial charge in [0, 0.05) is 11.3 Å². The second-order valence-corrected chi connectivity index (χ2v) is 5.06. The van der Waals surface area contributed by atoms with Crippen molar-refractivity contribution in [1.29, 1.82) is 0 Å². The Kier molecular flexibility index (Phi) is 5.72. The lowest BCUT2D eigenvalue weighted by atomic mass is 9.93. The van der Waals surface area contributed by atoms with E-state index in [9.17, 15) is 9.59 Å². The maximum Gasteiger partial charge on any atom is 0.244 e. The van der Waals surface area contributed by atoms with E-state index in [0.29, 0.717) is 11.3 Å². The van der Waals surface area contributed by atoms with Crippen molar-refractivity contribution in [2.75, 3.05) is 11.9 Å². The van der Waals surface area contributed by atoms with Crippen molar-refractivity contribution in [3.63, 3.8) is 0 Å². The predicted octanol–water partition coefficient (Wildman–Crippen LogP) is 2.78. The Balaban J connectivity index is 0.00000200. The molecule has 2 N–H and O–H groups in total. The molecule has 110 valence electrons. The van der Waals surface area contributed by atoms with Gasteiger partial charge < -0.3 is 10.6 Å². The molecule has 1 atom stereocenters. The van der Waals surface area contributed by atoms with E-state index < -0.39 is 5.54 Å². The van der Waals surface area contributed by atoms with Crippen LogP contribution in [0.5, 0.6) is 0 Å². The maximum absolute atomic E-state index is 12.4. The lowest BCUT2D eigenvalue weighted by Crippen LogP contribution is -2.50. The van der Waals surface area contributed by atoms with Crippen molar-refractivity contribution in [3.05, 3.63) is 29.8 Å². The summed E-state index contributed by atoms with van der Waals surface area (Å²) in [4.78, 5) is 23.7. The number of anilines is 1. The fourth-order valence-corrected chi connectivity index (χ4v) is 2.53. The first-order valence-corrected chi connectivity index (χ1v) is 6.75. The molecule has 0 aliphatic carbocycles. The van der Waals surface area contributed by atoms with Crippen molar-refractivity contribution in [3.8, 4) is 0 Å². The van der Waals surface area contributed by atoms with Crippen LogP contribution >= 0.6 is 12.4 Å². The summed E-state index contributed by atoms with van der Waals surface area (Å²) in [6, 6.07) is 7.07. The predicted molar refractivity (Wildman–Crippen MR) is 82.6 cm³/mol. The molecule has 0 radical (unpaired) electrons. The highest BCUT2D eigenvalue weighted by Gasteiger charge is 2.39. The highest BCUT2D eigenvalue weighted by molar-refractivity contribution is 6.00. The van der Waals surface area contributed by atoms with Gasteiger partial charge in [0.1, 0.15) is 0 Å². The van der Waals surface area contributed by atoms with Crippen LogP contribution in [0.25, 0.3) is 0 Å². The zero-order valence-electron chi connectivity index (χ0n) is 11.9. The minimum Gasteiger partial charge on any atom is -0.324 e. The maximum atomic E-state index is 12.4. The highest BCUT2D eigenvalue weighted by Crippen LogP contribution is 2.25. The number of amides is 1. The monoisotopic (exact) mass is 296 g/mol. The van der Waals surface area contributed by atoms with Gasteiger partial charge in [-0.15, -0.1) is 12.4 Å². The standard InChI is InChI=1S/C15H20N2O2.ClH/c1-3-15(8-5-9-16-15)14(19)17-13-7-4-6-12(10-13)11(2)18;/h4,6-7,10,16H,3,5,8-9H2,1-2H3,(H,17,19);1H. The molecule has 4 nitrogen and oxygen atoms in total. The number of ketones is 1. The number of benzene rings is 1. The third-order valence-electron chi connectivity index (χ3n) is 3.81. The fraction of sp³-hybridized carbons (Fsp3) is 0.467. The van der Waals surface area contributed by atoms with E-state index in [0.717, 1.165) is 25.8 Å². The van der Waals surface area contributed by atoms with Gasteiger partial charge in [-0.1, -0.05) is 19.1 Å². The van der Waals surface area contributed by atoms with E-state index in [2.05, 4.69) is 10.6 Å². The fourth-order valence-electron chi connectivity index (χ4n) is 2.53. The van der Waals surface area contributed by atoms with Gasteiger partial charge in [0.25, 0.3) is 0 Å². The minimum atomic E-state index is -0.452. The Morgan fingerprint density at radius 2 is 2.15 bits per heavy atom. The van der Waals surface area contributed by atoms with Gasteiger partial charge in [-0.3, -0.25) is 9.59 Å². The normalized spacial score (nSPS) is 21.1. The van der Waals surface area contributed by atoms with Gasteiger partial charge in [-0.2, -0.15) is 0 Å². The molecule has 0 bridgehead atoms. The number of halogens is 1. The number of hydrogen-bond donors (Lipinski definition) is 2. The largest absolute Gasteiger partial charge is 0.324 e. The summed E-state index contributed by atoms with van der Waals surface area (Å²) in [6.07, 6.45) is 2.65. The summed E-state index contributed by atoms with van der Waals surface area (Å²) in [7, 11) is 0. The Bertz CT molecular complexity index is 496. The first-order valence-electron chi connectivity index (χ1n) is 6.75. The van der Waals surface area contributed by atoms with E-state index in [-0.39, 0.29) is 24.1 Å². The van der Waals surface area contributed by atoms with Crippen LogP contribution in [0.4, 0.5) is 5.69 Å². The number of carbonyl (C=O) groups is 2. The van der Waals surface area contributed by atoms with Crippen LogP contribution in [-0.2, 0) is 4.79 Å². The minimum absolute atomic E-state index is 0. The smallest absolute Gasteiger partial charge is 0.244 e. The van der Waals surface area contributed by atoms with Crippen molar-refractivity contribution in [2.45, 2.75) is 38.6 Å². The summed E-state index contributed by atoms with van der Waals surface area (Å²) in [5.74, 6) is -0.00602. The van der Waals surface area contributed by atoms with Crippen LogP contribution < -0.4 is 10.6 Å². The van der Waals surface area contributed by atoms with Crippen molar-refractivity contribution in [2.24, 2.45) is 0 Å². The molecule has 0 aromatic heterocycles. The molecular weight excluding hydrogens is 276 g/mol. The van der Waals surface area contributed by atoms with E-state index in [1.807, 2.05) is 13.0 Å². The number of Topliss-reactive ketones (excluding diaryl/α,β-unsaturated/α-hetero) is 1. The molecule has 1 aliphatic heterocycles. The van der Waals surface area contributed by atoms with E-state index in [1.165, 1.54) is 6.92 Å². The van der Waals surface area contributed by atoms with Crippen molar-refractivity contribution in [1.82, 2.24) is 5.32 Å². The Hall–Kier alpha value is -1.39.